The number of β-lactam (4-membered cyclic amide) rings is 1. The van der Waals surface area contributed by atoms with Crippen molar-refractivity contribution in [1.29, 1.82) is 0 Å². The molecule has 3 fully saturated rings. The molecule has 1 atom stereocenters. The fraction of sp³-hybridized carbons (Fsp3) is 0.722. The van der Waals surface area contributed by atoms with Crippen molar-refractivity contribution in [1.82, 2.24) is 14.9 Å². The van der Waals surface area contributed by atoms with E-state index in [0.717, 1.165) is 38.4 Å². The molecule has 0 N–H and O–H groups in total. The number of nitrogens with zero attached hydrogens (tertiary/aromatic N) is 4. The Morgan fingerprint density at radius 3 is 2.61 bits per heavy atom. The molecule has 124 valence electrons. The van der Waals surface area contributed by atoms with E-state index in [-0.39, 0.29) is 11.3 Å². The summed E-state index contributed by atoms with van der Waals surface area (Å²) in [7, 11) is 0. The normalized spacial score (nSPS) is 29.7. The third kappa shape index (κ3) is 2.87. The summed E-state index contributed by atoms with van der Waals surface area (Å²) >= 11 is 0. The molecule has 2 saturated heterocycles. The molecule has 1 amide bonds. The van der Waals surface area contributed by atoms with Crippen molar-refractivity contribution >= 4 is 11.9 Å². The van der Waals surface area contributed by atoms with E-state index in [2.05, 4.69) is 14.9 Å². The van der Waals surface area contributed by atoms with E-state index in [1.165, 1.54) is 38.6 Å². The lowest BCUT2D eigenvalue weighted by molar-refractivity contribution is -0.139. The molecule has 0 aromatic carbocycles. The lowest BCUT2D eigenvalue weighted by Crippen LogP contribution is -2.67. The first-order valence-electron chi connectivity index (χ1n) is 9.08. The van der Waals surface area contributed by atoms with Crippen molar-refractivity contribution < 1.29 is 4.79 Å². The topological polar surface area (TPSA) is 49.3 Å². The number of hydrogen-bond donors (Lipinski definition) is 0. The van der Waals surface area contributed by atoms with Gasteiger partial charge in [-0.3, -0.25) is 9.69 Å². The van der Waals surface area contributed by atoms with Gasteiger partial charge in [-0.25, -0.2) is 9.97 Å². The molecule has 1 aromatic rings. The molecule has 1 spiro atoms. The van der Waals surface area contributed by atoms with Crippen molar-refractivity contribution in [2.24, 2.45) is 11.3 Å². The second kappa shape index (κ2) is 6.19. The van der Waals surface area contributed by atoms with Crippen LogP contribution in [0, 0.1) is 11.3 Å². The first-order chi connectivity index (χ1) is 11.3. The summed E-state index contributed by atoms with van der Waals surface area (Å²) < 4.78 is 0. The Kier molecular flexibility index (Phi) is 4.05. The predicted octanol–water partition coefficient (Wildman–Crippen LogP) is 2.49. The molecule has 0 radical (unpaired) electrons. The van der Waals surface area contributed by atoms with E-state index in [9.17, 15) is 4.79 Å². The highest BCUT2D eigenvalue weighted by Gasteiger charge is 2.55. The number of hydrogen-bond acceptors (Lipinski definition) is 4. The highest BCUT2D eigenvalue weighted by atomic mass is 16.2. The summed E-state index contributed by atoms with van der Waals surface area (Å²) in [5.41, 5.74) is -0.161. The molecule has 1 aliphatic carbocycles. The van der Waals surface area contributed by atoms with Crippen LogP contribution in [0.5, 0.6) is 0 Å². The van der Waals surface area contributed by atoms with Crippen molar-refractivity contribution in [3.8, 4) is 0 Å². The molecule has 23 heavy (non-hydrogen) atoms. The van der Waals surface area contributed by atoms with Crippen LogP contribution >= 0.6 is 0 Å². The van der Waals surface area contributed by atoms with Gasteiger partial charge in [-0.05, 0) is 44.2 Å². The average molecular weight is 314 g/mol. The maximum absolute atomic E-state index is 12.8. The number of likely N-dealkylation sites (tertiary alicyclic amines) is 1. The van der Waals surface area contributed by atoms with E-state index in [1.807, 2.05) is 0 Å². The molecule has 3 aliphatic rings. The van der Waals surface area contributed by atoms with Crippen LogP contribution in [0.15, 0.2) is 18.5 Å². The lowest BCUT2D eigenvalue weighted by Gasteiger charge is -2.52. The number of carbonyl (C=O) groups is 1. The van der Waals surface area contributed by atoms with Gasteiger partial charge < -0.3 is 4.90 Å². The van der Waals surface area contributed by atoms with Crippen molar-refractivity contribution in [3.05, 3.63) is 18.5 Å². The van der Waals surface area contributed by atoms with E-state index in [4.69, 9.17) is 0 Å². The minimum Gasteiger partial charge on any atom is -0.302 e. The van der Waals surface area contributed by atoms with Crippen LogP contribution in [-0.2, 0) is 4.79 Å². The van der Waals surface area contributed by atoms with Crippen LogP contribution in [0.2, 0.25) is 0 Å². The fourth-order valence-electron chi connectivity index (χ4n) is 4.65. The smallest absolute Gasteiger partial charge is 0.238 e. The Morgan fingerprint density at radius 1 is 1.09 bits per heavy atom. The Balaban J connectivity index is 1.39. The zero-order chi connectivity index (χ0) is 15.7. The monoisotopic (exact) mass is 314 g/mol. The Bertz CT molecular complexity index is 557. The molecule has 0 bridgehead atoms. The van der Waals surface area contributed by atoms with E-state index >= 15 is 0 Å². The summed E-state index contributed by atoms with van der Waals surface area (Å²) in [6.07, 6.45) is 12.5. The molecule has 2 aliphatic heterocycles. The van der Waals surface area contributed by atoms with Crippen LogP contribution in [0.4, 0.5) is 5.95 Å². The standard InChI is InChI=1S/C18H26N4O/c23-16-18(14-22(16)17-19-9-5-10-20-17)8-4-11-21(13-18)12-15-6-2-1-3-7-15/h5,9-10,15H,1-4,6-8,11-14H2/t18-/m0/s1. The highest BCUT2D eigenvalue weighted by molar-refractivity contribution is 6.03. The molecule has 3 heterocycles. The second-order valence-electron chi connectivity index (χ2n) is 7.56. The first-order valence-corrected chi connectivity index (χ1v) is 9.08. The third-order valence-electron chi connectivity index (χ3n) is 5.85. The minimum absolute atomic E-state index is 0.161. The van der Waals surface area contributed by atoms with Gasteiger partial charge in [0.05, 0.1) is 5.41 Å². The quantitative estimate of drug-likeness (QED) is 0.804. The maximum atomic E-state index is 12.8. The van der Waals surface area contributed by atoms with Crippen LogP contribution in [-0.4, -0.2) is 47.0 Å². The van der Waals surface area contributed by atoms with Crippen LogP contribution in [0.3, 0.4) is 0 Å². The Morgan fingerprint density at radius 2 is 1.87 bits per heavy atom. The summed E-state index contributed by atoms with van der Waals surface area (Å²) in [6.45, 7) is 4.08. The number of aromatic nitrogens is 2. The van der Waals surface area contributed by atoms with Crippen LogP contribution in [0.25, 0.3) is 0 Å². The average Bonchev–Trinajstić information content (AvgIpc) is 2.61. The molecule has 4 rings (SSSR count). The lowest BCUT2D eigenvalue weighted by atomic mass is 9.72. The molecule has 1 saturated carbocycles. The maximum Gasteiger partial charge on any atom is 0.238 e. The van der Waals surface area contributed by atoms with Gasteiger partial charge in [-0.15, -0.1) is 0 Å². The SMILES string of the molecule is O=C1N(c2ncccn2)C[C@@]12CCCN(CC1CCCCC1)C2. The number of rotatable bonds is 3. The van der Waals surface area contributed by atoms with Gasteiger partial charge in [0, 0.05) is 32.0 Å². The first kappa shape index (κ1) is 15.1. The van der Waals surface area contributed by atoms with Gasteiger partial charge in [0.25, 0.3) is 0 Å². The molecule has 5 heteroatoms. The van der Waals surface area contributed by atoms with Crippen molar-refractivity contribution in [2.75, 3.05) is 31.1 Å². The molecular formula is C18H26N4O. The minimum atomic E-state index is -0.161. The van der Waals surface area contributed by atoms with Gasteiger partial charge in [-0.1, -0.05) is 19.3 Å². The Labute approximate surface area is 138 Å². The predicted molar refractivity (Wildman–Crippen MR) is 89.1 cm³/mol. The summed E-state index contributed by atoms with van der Waals surface area (Å²) in [5, 5.41) is 0. The van der Waals surface area contributed by atoms with Crippen LogP contribution < -0.4 is 4.90 Å². The van der Waals surface area contributed by atoms with Crippen molar-refractivity contribution in [3.63, 3.8) is 0 Å². The zero-order valence-corrected chi connectivity index (χ0v) is 13.8. The number of piperidine rings is 1. The van der Waals surface area contributed by atoms with Crippen LogP contribution in [0.1, 0.15) is 44.9 Å². The summed E-state index contributed by atoms with van der Waals surface area (Å²) in [4.78, 5) is 25.6. The van der Waals surface area contributed by atoms with E-state index in [1.54, 1.807) is 23.4 Å². The van der Waals surface area contributed by atoms with Gasteiger partial charge in [0.15, 0.2) is 0 Å². The zero-order valence-electron chi connectivity index (χ0n) is 13.8. The molecule has 0 unspecified atom stereocenters. The van der Waals surface area contributed by atoms with E-state index < -0.39 is 0 Å². The van der Waals surface area contributed by atoms with E-state index in [0.29, 0.717) is 5.95 Å². The second-order valence-corrected chi connectivity index (χ2v) is 7.56. The van der Waals surface area contributed by atoms with Gasteiger partial charge in [-0.2, -0.15) is 0 Å². The van der Waals surface area contributed by atoms with Gasteiger partial charge in [0.1, 0.15) is 0 Å². The summed E-state index contributed by atoms with van der Waals surface area (Å²) in [5.74, 6) is 1.65. The van der Waals surface area contributed by atoms with Crippen molar-refractivity contribution in [2.45, 2.75) is 44.9 Å². The fourth-order valence-corrected chi connectivity index (χ4v) is 4.65. The third-order valence-corrected chi connectivity index (χ3v) is 5.85. The van der Waals surface area contributed by atoms with Gasteiger partial charge in [0.2, 0.25) is 11.9 Å². The van der Waals surface area contributed by atoms with Gasteiger partial charge >= 0.3 is 0 Å². The Hall–Kier alpha value is -1.49. The summed E-state index contributed by atoms with van der Waals surface area (Å²) in [6, 6.07) is 1.79. The highest BCUT2D eigenvalue weighted by Crippen LogP contribution is 2.42. The molecule has 1 aromatic heterocycles. The number of anilines is 1. The number of amides is 1. The molecule has 5 nitrogen and oxygen atoms in total. The largest absolute Gasteiger partial charge is 0.302 e. The molecular weight excluding hydrogens is 288 g/mol. The number of carbonyl (C=O) groups excluding carboxylic acids is 1.